The maximum atomic E-state index is 5.51. The molecular formula is C12H25NO4. The molecule has 0 aromatic rings. The van der Waals surface area contributed by atoms with Crippen molar-refractivity contribution in [3.05, 3.63) is 0 Å². The Morgan fingerprint density at radius 2 is 2.12 bits per heavy atom. The molecule has 102 valence electrons. The number of methoxy groups -OCH3 is 2. The SMILES string of the molecule is COCCCOCCNCC1(OC)CCOC1. The van der Waals surface area contributed by atoms with E-state index >= 15 is 0 Å². The van der Waals surface area contributed by atoms with Crippen molar-refractivity contribution in [2.45, 2.75) is 18.4 Å². The molecule has 1 saturated heterocycles. The molecule has 0 aromatic carbocycles. The number of rotatable bonds is 10. The van der Waals surface area contributed by atoms with Gasteiger partial charge in [-0.15, -0.1) is 0 Å². The van der Waals surface area contributed by atoms with E-state index in [2.05, 4.69) is 5.32 Å². The van der Waals surface area contributed by atoms with Crippen molar-refractivity contribution >= 4 is 0 Å². The van der Waals surface area contributed by atoms with Gasteiger partial charge in [-0.1, -0.05) is 0 Å². The van der Waals surface area contributed by atoms with E-state index in [0.29, 0.717) is 6.61 Å². The molecule has 0 radical (unpaired) electrons. The molecule has 0 aromatic heterocycles. The van der Waals surface area contributed by atoms with Crippen LogP contribution in [0.5, 0.6) is 0 Å². The summed E-state index contributed by atoms with van der Waals surface area (Å²) in [5.74, 6) is 0. The Kier molecular flexibility index (Phi) is 7.72. The summed E-state index contributed by atoms with van der Waals surface area (Å²) in [5.41, 5.74) is -0.129. The van der Waals surface area contributed by atoms with Crippen LogP contribution in [0.4, 0.5) is 0 Å². The van der Waals surface area contributed by atoms with E-state index in [9.17, 15) is 0 Å². The van der Waals surface area contributed by atoms with Gasteiger partial charge in [0.1, 0.15) is 5.60 Å². The topological polar surface area (TPSA) is 49.0 Å². The second-order valence-corrected chi connectivity index (χ2v) is 4.33. The van der Waals surface area contributed by atoms with Gasteiger partial charge in [0, 0.05) is 53.6 Å². The first-order chi connectivity index (χ1) is 8.33. The highest BCUT2D eigenvalue weighted by atomic mass is 16.5. The summed E-state index contributed by atoms with van der Waals surface area (Å²) in [6.45, 7) is 5.40. The van der Waals surface area contributed by atoms with E-state index in [-0.39, 0.29) is 5.60 Å². The normalized spacial score (nSPS) is 24.4. The fourth-order valence-electron chi connectivity index (χ4n) is 1.83. The van der Waals surface area contributed by atoms with Gasteiger partial charge in [-0.25, -0.2) is 0 Å². The van der Waals surface area contributed by atoms with Crippen LogP contribution in [0, 0.1) is 0 Å². The number of ether oxygens (including phenoxy) is 4. The van der Waals surface area contributed by atoms with Crippen molar-refractivity contribution in [1.29, 1.82) is 0 Å². The first-order valence-electron chi connectivity index (χ1n) is 6.23. The summed E-state index contributed by atoms with van der Waals surface area (Å²) in [5, 5.41) is 3.35. The average Bonchev–Trinajstić information content (AvgIpc) is 2.82. The maximum absolute atomic E-state index is 5.51. The molecular weight excluding hydrogens is 222 g/mol. The van der Waals surface area contributed by atoms with Gasteiger partial charge in [-0.05, 0) is 6.42 Å². The quantitative estimate of drug-likeness (QED) is 0.568. The molecule has 1 aliphatic rings. The largest absolute Gasteiger partial charge is 0.385 e. The summed E-state index contributed by atoms with van der Waals surface area (Å²) in [6, 6.07) is 0. The second kappa shape index (κ2) is 8.83. The third kappa shape index (κ3) is 5.79. The standard InChI is InChI=1S/C12H25NO4/c1-14-6-3-7-16-9-5-13-10-12(15-2)4-8-17-11-12/h13H,3-11H2,1-2H3. The van der Waals surface area contributed by atoms with Crippen molar-refractivity contribution in [2.24, 2.45) is 0 Å². The lowest BCUT2D eigenvalue weighted by atomic mass is 10.0. The molecule has 1 aliphatic heterocycles. The summed E-state index contributed by atoms with van der Waals surface area (Å²) in [7, 11) is 3.45. The van der Waals surface area contributed by atoms with Gasteiger partial charge < -0.3 is 24.3 Å². The molecule has 1 atom stereocenters. The van der Waals surface area contributed by atoms with Crippen molar-refractivity contribution < 1.29 is 18.9 Å². The molecule has 0 spiro atoms. The van der Waals surface area contributed by atoms with E-state index in [4.69, 9.17) is 18.9 Å². The fraction of sp³-hybridized carbons (Fsp3) is 1.00. The predicted octanol–water partition coefficient (Wildman–Crippen LogP) is 0.435. The Hall–Kier alpha value is -0.200. The lowest BCUT2D eigenvalue weighted by molar-refractivity contribution is -0.0168. The molecule has 1 rings (SSSR count). The van der Waals surface area contributed by atoms with E-state index in [0.717, 1.165) is 52.4 Å². The molecule has 1 unspecified atom stereocenters. The lowest BCUT2D eigenvalue weighted by Gasteiger charge is -2.25. The van der Waals surface area contributed by atoms with Crippen LogP contribution in [0.25, 0.3) is 0 Å². The molecule has 17 heavy (non-hydrogen) atoms. The zero-order valence-corrected chi connectivity index (χ0v) is 11.0. The number of nitrogens with one attached hydrogen (secondary N) is 1. The minimum absolute atomic E-state index is 0.129. The highest BCUT2D eigenvalue weighted by Gasteiger charge is 2.34. The smallest absolute Gasteiger partial charge is 0.106 e. The molecule has 0 amide bonds. The van der Waals surface area contributed by atoms with Crippen molar-refractivity contribution in [3.63, 3.8) is 0 Å². The van der Waals surface area contributed by atoms with E-state index in [1.807, 2.05) is 0 Å². The Labute approximate surface area is 104 Å². The molecule has 5 nitrogen and oxygen atoms in total. The van der Waals surface area contributed by atoms with Crippen LogP contribution in [0.15, 0.2) is 0 Å². The van der Waals surface area contributed by atoms with Gasteiger partial charge in [0.25, 0.3) is 0 Å². The summed E-state index contributed by atoms with van der Waals surface area (Å²) in [6.07, 6.45) is 1.91. The lowest BCUT2D eigenvalue weighted by Crippen LogP contribution is -2.43. The number of hydrogen-bond donors (Lipinski definition) is 1. The summed E-state index contributed by atoms with van der Waals surface area (Å²) >= 11 is 0. The molecule has 0 saturated carbocycles. The molecule has 1 heterocycles. The van der Waals surface area contributed by atoms with Crippen LogP contribution in [0.1, 0.15) is 12.8 Å². The van der Waals surface area contributed by atoms with Gasteiger partial charge in [0.15, 0.2) is 0 Å². The van der Waals surface area contributed by atoms with Gasteiger partial charge in [-0.2, -0.15) is 0 Å². The van der Waals surface area contributed by atoms with Crippen molar-refractivity contribution in [2.75, 3.05) is 60.3 Å². The van der Waals surface area contributed by atoms with Crippen LogP contribution in [0.3, 0.4) is 0 Å². The zero-order valence-electron chi connectivity index (χ0n) is 11.0. The fourth-order valence-corrected chi connectivity index (χ4v) is 1.83. The number of hydrogen-bond acceptors (Lipinski definition) is 5. The Morgan fingerprint density at radius 1 is 1.24 bits per heavy atom. The minimum atomic E-state index is -0.129. The van der Waals surface area contributed by atoms with Gasteiger partial charge in [-0.3, -0.25) is 0 Å². The summed E-state index contributed by atoms with van der Waals surface area (Å²) in [4.78, 5) is 0. The molecule has 0 aliphatic carbocycles. The third-order valence-corrected chi connectivity index (χ3v) is 3.01. The van der Waals surface area contributed by atoms with Crippen LogP contribution in [-0.2, 0) is 18.9 Å². The Bertz CT molecular complexity index is 183. The van der Waals surface area contributed by atoms with Crippen LogP contribution >= 0.6 is 0 Å². The Balaban J connectivity index is 1.92. The van der Waals surface area contributed by atoms with Crippen LogP contribution in [0.2, 0.25) is 0 Å². The van der Waals surface area contributed by atoms with Crippen molar-refractivity contribution in [3.8, 4) is 0 Å². The summed E-state index contributed by atoms with van der Waals surface area (Å²) < 4.78 is 21.3. The van der Waals surface area contributed by atoms with Gasteiger partial charge >= 0.3 is 0 Å². The van der Waals surface area contributed by atoms with Crippen LogP contribution in [-0.4, -0.2) is 65.9 Å². The first-order valence-corrected chi connectivity index (χ1v) is 6.23. The monoisotopic (exact) mass is 247 g/mol. The van der Waals surface area contributed by atoms with E-state index < -0.39 is 0 Å². The molecule has 5 heteroatoms. The molecule has 1 N–H and O–H groups in total. The first kappa shape index (κ1) is 14.9. The predicted molar refractivity (Wildman–Crippen MR) is 65.4 cm³/mol. The third-order valence-electron chi connectivity index (χ3n) is 3.01. The van der Waals surface area contributed by atoms with E-state index in [1.165, 1.54) is 0 Å². The second-order valence-electron chi connectivity index (χ2n) is 4.33. The highest BCUT2D eigenvalue weighted by Crippen LogP contribution is 2.21. The van der Waals surface area contributed by atoms with Gasteiger partial charge in [0.2, 0.25) is 0 Å². The van der Waals surface area contributed by atoms with E-state index in [1.54, 1.807) is 14.2 Å². The average molecular weight is 247 g/mol. The highest BCUT2D eigenvalue weighted by molar-refractivity contribution is 4.86. The maximum Gasteiger partial charge on any atom is 0.106 e. The van der Waals surface area contributed by atoms with Crippen LogP contribution < -0.4 is 5.32 Å². The molecule has 0 bridgehead atoms. The van der Waals surface area contributed by atoms with Crippen molar-refractivity contribution in [1.82, 2.24) is 5.32 Å². The minimum Gasteiger partial charge on any atom is -0.385 e. The van der Waals surface area contributed by atoms with Gasteiger partial charge in [0.05, 0.1) is 13.2 Å². The zero-order chi connectivity index (χ0) is 12.4. The molecule has 1 fully saturated rings. The Morgan fingerprint density at radius 3 is 2.76 bits per heavy atom.